The Balaban J connectivity index is 0.00000288. The molecule has 0 spiro atoms. The van der Waals surface area contributed by atoms with Crippen molar-refractivity contribution < 1.29 is 13.2 Å². The van der Waals surface area contributed by atoms with Crippen molar-refractivity contribution in [3.63, 3.8) is 0 Å². The van der Waals surface area contributed by atoms with Gasteiger partial charge in [0.25, 0.3) is 0 Å². The van der Waals surface area contributed by atoms with Crippen LogP contribution in [0.3, 0.4) is 0 Å². The van der Waals surface area contributed by atoms with Crippen LogP contribution in [-0.4, -0.2) is 95.5 Å². The van der Waals surface area contributed by atoms with E-state index in [1.54, 1.807) is 14.0 Å². The number of halogens is 1. The van der Waals surface area contributed by atoms with Crippen LogP contribution in [0, 0.1) is 0 Å². The van der Waals surface area contributed by atoms with E-state index in [0.29, 0.717) is 19.1 Å². The molecule has 1 unspecified atom stereocenters. The minimum Gasteiger partial charge on any atom is -0.379 e. The summed E-state index contributed by atoms with van der Waals surface area (Å²) in [6.07, 6.45) is 1.13. The number of sulfonamides is 1. The van der Waals surface area contributed by atoms with Crippen LogP contribution in [0.15, 0.2) is 4.99 Å². The van der Waals surface area contributed by atoms with Crippen LogP contribution in [0.4, 0.5) is 0 Å². The highest BCUT2D eigenvalue weighted by Crippen LogP contribution is 2.16. The largest absolute Gasteiger partial charge is 0.379 e. The van der Waals surface area contributed by atoms with Crippen LogP contribution in [-0.2, 0) is 14.8 Å². The monoisotopic (exact) mass is 475 g/mol. The van der Waals surface area contributed by atoms with Crippen molar-refractivity contribution in [3.8, 4) is 0 Å². The minimum absolute atomic E-state index is 0. The zero-order valence-corrected chi connectivity index (χ0v) is 17.7. The van der Waals surface area contributed by atoms with Gasteiger partial charge < -0.3 is 15.0 Å². The second kappa shape index (κ2) is 10.7. The molecule has 2 aliphatic rings. The van der Waals surface area contributed by atoms with Crippen molar-refractivity contribution in [2.24, 2.45) is 4.99 Å². The lowest BCUT2D eigenvalue weighted by Crippen LogP contribution is -2.47. The molecule has 142 valence electrons. The number of guanidine groups is 1. The molecule has 0 saturated carbocycles. The molecule has 0 amide bonds. The summed E-state index contributed by atoms with van der Waals surface area (Å²) in [6.45, 7) is 8.11. The fourth-order valence-electron chi connectivity index (χ4n) is 2.99. The first-order valence-electron chi connectivity index (χ1n) is 8.30. The van der Waals surface area contributed by atoms with Crippen LogP contribution in [0.5, 0.6) is 0 Å². The second-order valence-corrected chi connectivity index (χ2v) is 7.90. The fraction of sp³-hybridized carbons (Fsp3) is 0.929. The van der Waals surface area contributed by atoms with Crippen molar-refractivity contribution in [2.75, 3.05) is 65.3 Å². The molecule has 2 saturated heterocycles. The van der Waals surface area contributed by atoms with Gasteiger partial charge in [-0.05, 0) is 13.3 Å². The Morgan fingerprint density at radius 2 is 1.96 bits per heavy atom. The maximum absolute atomic E-state index is 11.4. The molecule has 1 atom stereocenters. The second-order valence-electron chi connectivity index (χ2n) is 5.81. The van der Waals surface area contributed by atoms with Crippen LogP contribution in [0.25, 0.3) is 0 Å². The molecule has 0 radical (unpaired) electrons. The Morgan fingerprint density at radius 3 is 2.58 bits per heavy atom. The average molecular weight is 475 g/mol. The zero-order valence-electron chi connectivity index (χ0n) is 14.5. The predicted molar refractivity (Wildman–Crippen MR) is 107 cm³/mol. The van der Waals surface area contributed by atoms with Gasteiger partial charge in [-0.3, -0.25) is 9.89 Å². The lowest BCUT2D eigenvalue weighted by molar-refractivity contribution is 0.0195. The minimum atomic E-state index is -3.13. The average Bonchev–Trinajstić information content (AvgIpc) is 3.05. The van der Waals surface area contributed by atoms with Gasteiger partial charge in [0.2, 0.25) is 10.0 Å². The third-order valence-electron chi connectivity index (χ3n) is 4.35. The SMILES string of the molecule is CCS(=O)(=O)NCCNC(=NC)N1CCC(N2CCOCC2)C1.I. The van der Waals surface area contributed by atoms with Gasteiger partial charge in [-0.25, -0.2) is 13.1 Å². The first kappa shape index (κ1) is 21.9. The number of hydrogen-bond acceptors (Lipinski definition) is 5. The van der Waals surface area contributed by atoms with Crippen molar-refractivity contribution in [1.82, 2.24) is 19.8 Å². The first-order valence-corrected chi connectivity index (χ1v) is 9.95. The molecular weight excluding hydrogens is 445 g/mol. The maximum atomic E-state index is 11.4. The van der Waals surface area contributed by atoms with Gasteiger partial charge in [0.15, 0.2) is 5.96 Å². The Bertz CT molecular complexity index is 497. The Morgan fingerprint density at radius 1 is 1.25 bits per heavy atom. The summed E-state index contributed by atoms with van der Waals surface area (Å²) in [5.41, 5.74) is 0. The van der Waals surface area contributed by atoms with E-state index >= 15 is 0 Å². The number of nitrogens with zero attached hydrogens (tertiary/aromatic N) is 3. The molecule has 2 rings (SSSR count). The quantitative estimate of drug-likeness (QED) is 0.234. The number of rotatable bonds is 6. The van der Waals surface area contributed by atoms with E-state index in [0.717, 1.165) is 51.8 Å². The van der Waals surface area contributed by atoms with E-state index < -0.39 is 10.0 Å². The van der Waals surface area contributed by atoms with Crippen LogP contribution in [0.1, 0.15) is 13.3 Å². The van der Waals surface area contributed by atoms with E-state index in [9.17, 15) is 8.42 Å². The molecule has 2 N–H and O–H groups in total. The zero-order chi connectivity index (χ0) is 16.7. The Kier molecular flexibility index (Phi) is 9.79. The van der Waals surface area contributed by atoms with Gasteiger partial charge >= 0.3 is 0 Å². The van der Waals surface area contributed by atoms with Crippen LogP contribution < -0.4 is 10.0 Å². The van der Waals surface area contributed by atoms with E-state index in [1.807, 2.05) is 0 Å². The molecular formula is C14H30IN5O3S. The number of nitrogens with one attached hydrogen (secondary N) is 2. The van der Waals surface area contributed by atoms with Gasteiger partial charge in [-0.1, -0.05) is 0 Å². The number of ether oxygens (including phenoxy) is 1. The lowest BCUT2D eigenvalue weighted by atomic mass is 10.2. The summed E-state index contributed by atoms with van der Waals surface area (Å²) in [7, 11) is -1.36. The molecule has 0 bridgehead atoms. The summed E-state index contributed by atoms with van der Waals surface area (Å²) in [4.78, 5) is 9.05. The first-order chi connectivity index (χ1) is 11.1. The van der Waals surface area contributed by atoms with E-state index in [1.165, 1.54) is 0 Å². The summed E-state index contributed by atoms with van der Waals surface area (Å²) in [5.74, 6) is 0.950. The van der Waals surface area contributed by atoms with Crippen LogP contribution >= 0.6 is 24.0 Å². The van der Waals surface area contributed by atoms with Crippen molar-refractivity contribution >= 4 is 40.0 Å². The molecule has 0 aromatic rings. The number of morpholine rings is 1. The molecule has 2 aliphatic heterocycles. The Labute approximate surface area is 162 Å². The fourth-order valence-corrected chi connectivity index (χ4v) is 3.61. The highest BCUT2D eigenvalue weighted by Gasteiger charge is 2.30. The molecule has 0 aromatic carbocycles. The van der Waals surface area contributed by atoms with Gasteiger partial charge in [0, 0.05) is 52.4 Å². The highest BCUT2D eigenvalue weighted by molar-refractivity contribution is 14.0. The Hall–Kier alpha value is -0.170. The van der Waals surface area contributed by atoms with Crippen molar-refractivity contribution in [3.05, 3.63) is 0 Å². The smallest absolute Gasteiger partial charge is 0.211 e. The standard InChI is InChI=1S/C14H29N5O3S.HI/c1-3-23(20,21)17-6-5-16-14(15-2)19-7-4-13(12-19)18-8-10-22-11-9-18;/h13,17H,3-12H2,1-2H3,(H,15,16);1H. The molecule has 0 aliphatic carbocycles. The molecule has 2 heterocycles. The van der Waals surface area contributed by atoms with Crippen molar-refractivity contribution in [1.29, 1.82) is 0 Å². The number of likely N-dealkylation sites (tertiary alicyclic amines) is 1. The molecule has 10 heteroatoms. The number of hydrogen-bond donors (Lipinski definition) is 2. The normalized spacial score (nSPS) is 23.2. The van der Waals surface area contributed by atoms with E-state index in [4.69, 9.17) is 4.74 Å². The van der Waals surface area contributed by atoms with Gasteiger partial charge in [-0.2, -0.15) is 0 Å². The molecule has 0 aromatic heterocycles. The summed E-state index contributed by atoms with van der Waals surface area (Å²) in [5, 5.41) is 3.24. The third-order valence-corrected chi connectivity index (χ3v) is 5.75. The molecule has 24 heavy (non-hydrogen) atoms. The molecule has 8 nitrogen and oxygen atoms in total. The van der Waals surface area contributed by atoms with Crippen LogP contribution in [0.2, 0.25) is 0 Å². The van der Waals surface area contributed by atoms with E-state index in [2.05, 4.69) is 24.8 Å². The highest BCUT2D eigenvalue weighted by atomic mass is 127. The summed E-state index contributed by atoms with van der Waals surface area (Å²) < 4.78 is 30.7. The van der Waals surface area contributed by atoms with E-state index in [-0.39, 0.29) is 29.7 Å². The van der Waals surface area contributed by atoms with Gasteiger partial charge in [0.05, 0.1) is 19.0 Å². The summed E-state index contributed by atoms with van der Waals surface area (Å²) in [6, 6.07) is 0.552. The number of aliphatic imine (C=N–C) groups is 1. The maximum Gasteiger partial charge on any atom is 0.211 e. The van der Waals surface area contributed by atoms with Crippen molar-refractivity contribution in [2.45, 2.75) is 19.4 Å². The third kappa shape index (κ3) is 6.62. The topological polar surface area (TPSA) is 86.3 Å². The lowest BCUT2D eigenvalue weighted by Gasteiger charge is -2.32. The van der Waals surface area contributed by atoms with Gasteiger partial charge in [0.1, 0.15) is 0 Å². The summed E-state index contributed by atoms with van der Waals surface area (Å²) >= 11 is 0. The predicted octanol–water partition coefficient (Wildman–Crippen LogP) is -0.474. The molecule has 2 fully saturated rings. The van der Waals surface area contributed by atoms with Gasteiger partial charge in [-0.15, -0.1) is 24.0 Å².